The van der Waals surface area contributed by atoms with Crippen LogP contribution in [0.3, 0.4) is 0 Å². The van der Waals surface area contributed by atoms with Crippen LogP contribution in [0.15, 0.2) is 24.5 Å². The number of ether oxygens (including phenoxy) is 1. The van der Waals surface area contributed by atoms with Gasteiger partial charge in [-0.2, -0.15) is 0 Å². The zero-order valence-electron chi connectivity index (χ0n) is 16.2. The van der Waals surface area contributed by atoms with Gasteiger partial charge in [-0.05, 0) is 0 Å². The van der Waals surface area contributed by atoms with Crippen LogP contribution in [0, 0.1) is 0 Å². The summed E-state index contributed by atoms with van der Waals surface area (Å²) in [6, 6.07) is 3.96. The Balaban J connectivity index is 1.89. The van der Waals surface area contributed by atoms with Gasteiger partial charge in [-0.3, -0.25) is 0 Å². The van der Waals surface area contributed by atoms with Crippen molar-refractivity contribution in [3.8, 4) is 11.4 Å². The topological polar surface area (TPSA) is 69.0 Å². The molecule has 0 saturated carbocycles. The first kappa shape index (κ1) is 18.6. The summed E-state index contributed by atoms with van der Waals surface area (Å²) in [5.74, 6) is 1.90. The SMILES string of the molecule is Cn1c(-c2ccncc2)nc2n[c]([Sn][C](C)(C)C)nc(N3CCOCC3)c21. The summed E-state index contributed by atoms with van der Waals surface area (Å²) >= 11 is -0.944. The molecule has 0 aliphatic carbocycles. The van der Waals surface area contributed by atoms with Crippen LogP contribution in [0.1, 0.15) is 20.8 Å². The number of aryl methyl sites for hydroxylation is 1. The third kappa shape index (κ3) is 3.94. The predicted octanol–water partition coefficient (Wildman–Crippen LogP) is 1.81. The molecular weight excluding hydrogens is 447 g/mol. The molecule has 0 spiro atoms. The van der Waals surface area contributed by atoms with E-state index in [2.05, 4.69) is 35.2 Å². The minimum atomic E-state index is -0.944. The van der Waals surface area contributed by atoms with E-state index in [9.17, 15) is 0 Å². The van der Waals surface area contributed by atoms with Gasteiger partial charge in [0.2, 0.25) is 0 Å². The summed E-state index contributed by atoms with van der Waals surface area (Å²) in [5, 5.41) is 0. The Hall–Kier alpha value is -1.74. The molecule has 140 valence electrons. The standard InChI is InChI=1S/C15H15N6O.C4H9.Sn/c1-20-12-13(19-14(20)11-2-4-16-5-3-11)17-10-18-15(12)21-6-8-22-9-7-21;1-4(2)3;/h2-5H,6-9H2,1H3;1-3H3;. The predicted molar refractivity (Wildman–Crippen MR) is 108 cm³/mol. The molecule has 0 aromatic carbocycles. The fourth-order valence-electron chi connectivity index (χ4n) is 3.24. The summed E-state index contributed by atoms with van der Waals surface area (Å²) in [4.78, 5) is 21.2. The zero-order valence-corrected chi connectivity index (χ0v) is 19.1. The van der Waals surface area contributed by atoms with Crippen LogP contribution in [0.2, 0.25) is 3.43 Å². The van der Waals surface area contributed by atoms with Crippen molar-refractivity contribution in [3.63, 3.8) is 0 Å². The van der Waals surface area contributed by atoms with Crippen molar-refractivity contribution in [3.05, 3.63) is 24.5 Å². The van der Waals surface area contributed by atoms with Crippen molar-refractivity contribution in [2.24, 2.45) is 7.05 Å². The summed E-state index contributed by atoms with van der Waals surface area (Å²) in [5.41, 5.74) is 2.83. The Morgan fingerprint density at radius 1 is 1.04 bits per heavy atom. The van der Waals surface area contributed by atoms with E-state index >= 15 is 0 Å². The third-order valence-corrected chi connectivity index (χ3v) is 7.87. The molecule has 2 radical (unpaired) electrons. The monoisotopic (exact) mass is 472 g/mol. The van der Waals surface area contributed by atoms with E-state index in [0.717, 1.165) is 58.5 Å². The van der Waals surface area contributed by atoms with Gasteiger partial charge in [0, 0.05) is 0 Å². The molecule has 8 heteroatoms. The normalized spacial score (nSPS) is 15.5. The number of nitrogens with zero attached hydrogens (tertiary/aromatic N) is 6. The van der Waals surface area contributed by atoms with E-state index in [1.807, 2.05) is 19.2 Å². The number of aromatic nitrogens is 5. The van der Waals surface area contributed by atoms with E-state index in [4.69, 9.17) is 19.7 Å². The summed E-state index contributed by atoms with van der Waals surface area (Å²) in [6.45, 7) is 10.00. The van der Waals surface area contributed by atoms with Crippen LogP contribution in [0.4, 0.5) is 5.82 Å². The van der Waals surface area contributed by atoms with E-state index in [-0.39, 0.29) is 3.43 Å². The maximum absolute atomic E-state index is 5.55. The average molecular weight is 471 g/mol. The van der Waals surface area contributed by atoms with Gasteiger partial charge in [0.25, 0.3) is 0 Å². The molecular formula is C19H24N6OSn. The van der Waals surface area contributed by atoms with Crippen molar-refractivity contribution in [1.82, 2.24) is 24.5 Å². The number of rotatable bonds is 3. The molecule has 4 rings (SSSR count). The van der Waals surface area contributed by atoms with Crippen LogP contribution >= 0.6 is 0 Å². The average Bonchev–Trinajstić information content (AvgIpc) is 2.98. The maximum atomic E-state index is 5.55. The first-order valence-corrected chi connectivity index (χ1v) is 12.0. The zero-order chi connectivity index (χ0) is 19.0. The summed E-state index contributed by atoms with van der Waals surface area (Å²) in [7, 11) is 2.04. The van der Waals surface area contributed by atoms with E-state index in [0.29, 0.717) is 0 Å². The Morgan fingerprint density at radius 2 is 1.74 bits per heavy atom. The molecule has 7 nitrogen and oxygen atoms in total. The Kier molecular flexibility index (Phi) is 5.07. The van der Waals surface area contributed by atoms with Gasteiger partial charge in [0.15, 0.2) is 0 Å². The van der Waals surface area contributed by atoms with Gasteiger partial charge < -0.3 is 0 Å². The van der Waals surface area contributed by atoms with Gasteiger partial charge in [-0.15, -0.1) is 0 Å². The number of imidazole rings is 1. The third-order valence-electron chi connectivity index (χ3n) is 4.45. The Bertz CT molecular complexity index is 944. The van der Waals surface area contributed by atoms with Crippen LogP contribution in [-0.2, 0) is 11.8 Å². The second-order valence-corrected chi connectivity index (χ2v) is 14.0. The molecule has 1 saturated heterocycles. The van der Waals surface area contributed by atoms with Crippen molar-refractivity contribution in [1.29, 1.82) is 0 Å². The fraction of sp³-hybridized carbons (Fsp3) is 0.474. The first-order valence-electron chi connectivity index (χ1n) is 9.18. The van der Waals surface area contributed by atoms with Gasteiger partial charge in [-0.25, -0.2) is 0 Å². The van der Waals surface area contributed by atoms with Gasteiger partial charge in [-0.1, -0.05) is 0 Å². The van der Waals surface area contributed by atoms with E-state index in [1.54, 1.807) is 12.4 Å². The second-order valence-electron chi connectivity index (χ2n) is 7.75. The molecule has 0 bridgehead atoms. The molecule has 1 aliphatic rings. The number of anilines is 1. The van der Waals surface area contributed by atoms with Crippen molar-refractivity contribution >= 4 is 42.0 Å². The van der Waals surface area contributed by atoms with Crippen molar-refractivity contribution < 1.29 is 4.74 Å². The summed E-state index contributed by atoms with van der Waals surface area (Å²) < 4.78 is 8.95. The number of pyridine rings is 1. The van der Waals surface area contributed by atoms with Crippen LogP contribution in [0.5, 0.6) is 0 Å². The molecule has 0 atom stereocenters. The number of hydrogen-bond donors (Lipinski definition) is 0. The molecule has 0 N–H and O–H groups in total. The van der Waals surface area contributed by atoms with Crippen LogP contribution < -0.4 is 8.74 Å². The second kappa shape index (κ2) is 7.35. The molecule has 0 amide bonds. The van der Waals surface area contributed by atoms with Crippen LogP contribution in [0.25, 0.3) is 22.6 Å². The van der Waals surface area contributed by atoms with Gasteiger partial charge in [0.1, 0.15) is 0 Å². The molecule has 3 aromatic heterocycles. The molecule has 1 fully saturated rings. The van der Waals surface area contributed by atoms with Crippen molar-refractivity contribution in [2.75, 3.05) is 31.2 Å². The molecule has 3 aromatic rings. The van der Waals surface area contributed by atoms with E-state index < -0.39 is 21.1 Å². The van der Waals surface area contributed by atoms with Crippen LogP contribution in [-0.4, -0.2) is 71.9 Å². The number of morpholine rings is 1. The summed E-state index contributed by atoms with van der Waals surface area (Å²) in [6.07, 6.45) is 3.59. The fourth-order valence-corrected chi connectivity index (χ4v) is 6.08. The van der Waals surface area contributed by atoms with Gasteiger partial charge >= 0.3 is 170 Å². The number of hydrogen-bond acceptors (Lipinski definition) is 6. The first-order chi connectivity index (χ1) is 12.9. The van der Waals surface area contributed by atoms with E-state index in [1.165, 1.54) is 0 Å². The van der Waals surface area contributed by atoms with Crippen molar-refractivity contribution in [2.45, 2.75) is 24.2 Å². The minimum absolute atomic E-state index is 0.280. The van der Waals surface area contributed by atoms with Gasteiger partial charge in [0.05, 0.1) is 0 Å². The molecule has 1 aliphatic heterocycles. The Labute approximate surface area is 169 Å². The molecule has 4 heterocycles. The quantitative estimate of drug-likeness (QED) is 0.544. The number of fused-ring (bicyclic) bond motifs is 1. The molecule has 0 unspecified atom stereocenters. The Morgan fingerprint density at radius 3 is 2.41 bits per heavy atom. The molecule has 27 heavy (non-hydrogen) atoms.